The van der Waals surface area contributed by atoms with E-state index in [1.54, 1.807) is 12.1 Å². The lowest BCUT2D eigenvalue weighted by Gasteiger charge is -2.36. The molecule has 0 aliphatic carbocycles. The van der Waals surface area contributed by atoms with Gasteiger partial charge in [0.25, 0.3) is 0 Å². The molecule has 0 saturated carbocycles. The number of phenolic OH excluding ortho intramolecular Hbond substituents is 1. The molecule has 7 heteroatoms. The quantitative estimate of drug-likeness (QED) is 0.573. The summed E-state index contributed by atoms with van der Waals surface area (Å²) in [5.41, 5.74) is 2.55. The van der Waals surface area contributed by atoms with Crippen LogP contribution < -0.4 is 4.90 Å². The van der Waals surface area contributed by atoms with E-state index >= 15 is 0 Å². The van der Waals surface area contributed by atoms with Crippen molar-refractivity contribution in [1.29, 1.82) is 0 Å². The van der Waals surface area contributed by atoms with E-state index in [4.69, 9.17) is 9.97 Å². The lowest BCUT2D eigenvalue weighted by atomic mass is 9.97. The number of hydrogen-bond acceptors (Lipinski definition) is 5. The monoisotopic (exact) mass is 434 g/mol. The van der Waals surface area contributed by atoms with Crippen molar-refractivity contribution in [3.8, 4) is 17.1 Å². The molecule has 2 aromatic carbocycles. The minimum absolute atomic E-state index is 0.152. The number of rotatable bonds is 6. The predicted molar refractivity (Wildman–Crippen MR) is 126 cm³/mol. The summed E-state index contributed by atoms with van der Waals surface area (Å²) in [6, 6.07) is 13.3. The van der Waals surface area contributed by atoms with E-state index in [2.05, 4.69) is 17.0 Å². The molecule has 0 radical (unpaired) electrons. The molecule has 0 bridgehead atoms. The van der Waals surface area contributed by atoms with E-state index in [9.17, 15) is 15.0 Å². The van der Waals surface area contributed by atoms with Crippen molar-refractivity contribution >= 4 is 22.8 Å². The van der Waals surface area contributed by atoms with Crippen LogP contribution >= 0.6 is 0 Å². The Bertz CT molecular complexity index is 1120. The second kappa shape index (κ2) is 9.42. The second-order valence-electron chi connectivity index (χ2n) is 8.59. The van der Waals surface area contributed by atoms with Crippen molar-refractivity contribution in [2.45, 2.75) is 33.1 Å². The first-order valence-electron chi connectivity index (χ1n) is 11.3. The van der Waals surface area contributed by atoms with Gasteiger partial charge in [0.15, 0.2) is 5.82 Å². The minimum atomic E-state index is -0.853. The third-order valence-corrected chi connectivity index (χ3v) is 6.04. The SMILES string of the molecule is CCCN(C[C@H]1CCCN(c2nc(-c3ccccc3O)nc3cc(C)ccc23)C1)C(=O)O. The average molecular weight is 435 g/mol. The fourth-order valence-electron chi connectivity index (χ4n) is 4.50. The summed E-state index contributed by atoms with van der Waals surface area (Å²) in [6.07, 6.45) is 1.93. The topological polar surface area (TPSA) is 89.8 Å². The molecule has 1 aromatic heterocycles. The summed E-state index contributed by atoms with van der Waals surface area (Å²) in [6.45, 7) is 6.73. The number of carboxylic acid groups (broad SMARTS) is 1. The number of amides is 1. The van der Waals surface area contributed by atoms with Crippen LogP contribution in [-0.4, -0.2) is 57.4 Å². The molecular formula is C25H30N4O3. The molecule has 1 aliphatic heterocycles. The number of benzene rings is 2. The van der Waals surface area contributed by atoms with Gasteiger partial charge in [0.05, 0.1) is 11.1 Å². The molecule has 32 heavy (non-hydrogen) atoms. The highest BCUT2D eigenvalue weighted by Crippen LogP contribution is 2.33. The highest BCUT2D eigenvalue weighted by Gasteiger charge is 2.26. The Hall–Kier alpha value is -3.35. The van der Waals surface area contributed by atoms with Gasteiger partial charge < -0.3 is 20.0 Å². The van der Waals surface area contributed by atoms with Crippen LogP contribution in [0.1, 0.15) is 31.7 Å². The van der Waals surface area contributed by atoms with Crippen molar-refractivity contribution < 1.29 is 15.0 Å². The van der Waals surface area contributed by atoms with Crippen LogP contribution in [0.5, 0.6) is 5.75 Å². The predicted octanol–water partition coefficient (Wildman–Crippen LogP) is 4.92. The molecule has 1 amide bonds. The van der Waals surface area contributed by atoms with Crippen molar-refractivity contribution in [2.24, 2.45) is 5.92 Å². The first kappa shape index (κ1) is 21.9. The van der Waals surface area contributed by atoms with Crippen LogP contribution in [0.4, 0.5) is 10.6 Å². The number of piperidine rings is 1. The summed E-state index contributed by atoms with van der Waals surface area (Å²) in [5, 5.41) is 20.9. The van der Waals surface area contributed by atoms with Crippen molar-refractivity contribution in [3.63, 3.8) is 0 Å². The summed E-state index contributed by atoms with van der Waals surface area (Å²) in [7, 11) is 0. The van der Waals surface area contributed by atoms with Gasteiger partial charge in [0, 0.05) is 31.6 Å². The number of para-hydroxylation sites is 1. The fourth-order valence-corrected chi connectivity index (χ4v) is 4.50. The van der Waals surface area contributed by atoms with Gasteiger partial charge in [0.1, 0.15) is 11.6 Å². The number of aromatic hydroxyl groups is 1. The van der Waals surface area contributed by atoms with Crippen LogP contribution in [0.3, 0.4) is 0 Å². The molecule has 0 unspecified atom stereocenters. The zero-order valence-corrected chi connectivity index (χ0v) is 18.7. The molecule has 7 nitrogen and oxygen atoms in total. The molecule has 4 rings (SSSR count). The molecule has 1 saturated heterocycles. The van der Waals surface area contributed by atoms with E-state index in [0.29, 0.717) is 24.5 Å². The Morgan fingerprint density at radius 3 is 2.78 bits per heavy atom. The summed E-state index contributed by atoms with van der Waals surface area (Å²) >= 11 is 0. The Kier molecular flexibility index (Phi) is 6.44. The van der Waals surface area contributed by atoms with Crippen LogP contribution in [0.2, 0.25) is 0 Å². The molecule has 3 aromatic rings. The smallest absolute Gasteiger partial charge is 0.407 e. The number of carbonyl (C=O) groups is 1. The van der Waals surface area contributed by atoms with Gasteiger partial charge in [-0.3, -0.25) is 0 Å². The zero-order valence-electron chi connectivity index (χ0n) is 18.7. The Morgan fingerprint density at radius 1 is 1.22 bits per heavy atom. The van der Waals surface area contributed by atoms with Gasteiger partial charge in [-0.25, -0.2) is 14.8 Å². The Balaban J connectivity index is 1.71. The van der Waals surface area contributed by atoms with Crippen LogP contribution in [-0.2, 0) is 0 Å². The first-order chi connectivity index (χ1) is 15.5. The zero-order chi connectivity index (χ0) is 22.7. The summed E-state index contributed by atoms with van der Waals surface area (Å²) in [4.78, 5) is 25.1. The molecule has 2 heterocycles. The number of aromatic nitrogens is 2. The third-order valence-electron chi connectivity index (χ3n) is 6.04. The van der Waals surface area contributed by atoms with Gasteiger partial charge in [0.2, 0.25) is 0 Å². The molecule has 1 atom stereocenters. The van der Waals surface area contributed by atoms with E-state index in [1.807, 2.05) is 32.0 Å². The number of fused-ring (bicyclic) bond motifs is 1. The van der Waals surface area contributed by atoms with Crippen molar-refractivity contribution in [1.82, 2.24) is 14.9 Å². The maximum absolute atomic E-state index is 11.6. The molecule has 2 N–H and O–H groups in total. The van der Waals surface area contributed by atoms with Crippen LogP contribution in [0.15, 0.2) is 42.5 Å². The minimum Gasteiger partial charge on any atom is -0.507 e. The Morgan fingerprint density at radius 2 is 2.03 bits per heavy atom. The average Bonchev–Trinajstić information content (AvgIpc) is 2.78. The molecule has 0 spiro atoms. The maximum atomic E-state index is 11.6. The molecular weight excluding hydrogens is 404 g/mol. The van der Waals surface area contributed by atoms with Gasteiger partial charge >= 0.3 is 6.09 Å². The van der Waals surface area contributed by atoms with Crippen LogP contribution in [0, 0.1) is 12.8 Å². The van der Waals surface area contributed by atoms with E-state index in [-0.39, 0.29) is 11.7 Å². The lowest BCUT2D eigenvalue weighted by molar-refractivity contribution is 0.134. The van der Waals surface area contributed by atoms with E-state index < -0.39 is 6.09 Å². The number of anilines is 1. The van der Waals surface area contributed by atoms with Gasteiger partial charge in [-0.1, -0.05) is 25.1 Å². The van der Waals surface area contributed by atoms with Gasteiger partial charge in [-0.15, -0.1) is 0 Å². The normalized spacial score (nSPS) is 16.3. The molecule has 1 fully saturated rings. The number of phenols is 1. The fraction of sp³-hybridized carbons (Fsp3) is 0.400. The lowest BCUT2D eigenvalue weighted by Crippen LogP contribution is -2.43. The maximum Gasteiger partial charge on any atom is 0.407 e. The number of aryl methyl sites for hydroxylation is 1. The van der Waals surface area contributed by atoms with E-state index in [1.165, 1.54) is 4.90 Å². The molecule has 1 aliphatic rings. The van der Waals surface area contributed by atoms with Crippen molar-refractivity contribution in [3.05, 3.63) is 48.0 Å². The van der Waals surface area contributed by atoms with Gasteiger partial charge in [-0.05, 0) is 61.9 Å². The van der Waals surface area contributed by atoms with E-state index in [0.717, 1.165) is 54.6 Å². The molecule has 168 valence electrons. The van der Waals surface area contributed by atoms with Gasteiger partial charge in [-0.2, -0.15) is 0 Å². The summed E-state index contributed by atoms with van der Waals surface area (Å²) < 4.78 is 0. The third kappa shape index (κ3) is 4.61. The largest absolute Gasteiger partial charge is 0.507 e. The first-order valence-corrected chi connectivity index (χ1v) is 11.3. The highest BCUT2D eigenvalue weighted by molar-refractivity contribution is 5.92. The van der Waals surface area contributed by atoms with Crippen LogP contribution in [0.25, 0.3) is 22.3 Å². The summed E-state index contributed by atoms with van der Waals surface area (Å²) in [5.74, 6) is 1.74. The highest BCUT2D eigenvalue weighted by atomic mass is 16.4. The van der Waals surface area contributed by atoms with Crippen molar-refractivity contribution in [2.75, 3.05) is 31.1 Å². The standard InChI is InChI=1S/C25H30N4O3/c1-3-12-29(25(31)32)16-18-7-6-13-28(15-18)24-19-11-10-17(2)14-21(19)26-23(27-24)20-8-4-5-9-22(20)30/h4-5,8-11,14,18,30H,3,6-7,12-13,15-16H2,1-2H3,(H,31,32)/t18-/m0/s1. The second-order valence-corrected chi connectivity index (χ2v) is 8.59. The number of hydrogen-bond donors (Lipinski definition) is 2. The Labute approximate surface area is 188 Å². The number of nitrogens with zero attached hydrogens (tertiary/aromatic N) is 4.